The fraction of sp³-hybridized carbons (Fsp3) is 0.154. The van der Waals surface area contributed by atoms with E-state index in [1.807, 2.05) is 0 Å². The largest absolute Gasteiger partial charge is 0.480 e. The maximum atomic E-state index is 12.4. The molecule has 8 heteroatoms. The van der Waals surface area contributed by atoms with E-state index in [-0.39, 0.29) is 17.4 Å². The zero-order valence-electron chi connectivity index (χ0n) is 10.9. The molecule has 2 aromatic heterocycles. The number of nitrogens with zero attached hydrogens (tertiary/aromatic N) is 2. The van der Waals surface area contributed by atoms with E-state index in [1.165, 1.54) is 19.4 Å². The lowest BCUT2D eigenvalue weighted by Gasteiger charge is -2.11. The SMILES string of the molecule is COc1ncccc1C(=N)Nc1ccc(C(F)(F)F)nc1. The van der Waals surface area contributed by atoms with E-state index in [2.05, 4.69) is 15.3 Å². The molecule has 0 aliphatic heterocycles. The lowest BCUT2D eigenvalue weighted by atomic mass is 10.2. The number of hydrogen-bond donors (Lipinski definition) is 2. The number of rotatable bonds is 3. The molecule has 0 bridgehead atoms. The minimum absolute atomic E-state index is 0.0542. The summed E-state index contributed by atoms with van der Waals surface area (Å²) in [5, 5.41) is 10.6. The van der Waals surface area contributed by atoms with Crippen molar-refractivity contribution in [3.05, 3.63) is 47.9 Å². The summed E-state index contributed by atoms with van der Waals surface area (Å²) in [4.78, 5) is 7.25. The molecule has 2 aromatic rings. The molecular formula is C13H11F3N4O. The third kappa shape index (κ3) is 3.47. The lowest BCUT2D eigenvalue weighted by Crippen LogP contribution is -2.14. The molecule has 0 aromatic carbocycles. The van der Waals surface area contributed by atoms with Gasteiger partial charge in [0.1, 0.15) is 11.5 Å². The zero-order valence-corrected chi connectivity index (χ0v) is 10.9. The predicted molar refractivity (Wildman–Crippen MR) is 70.5 cm³/mol. The van der Waals surface area contributed by atoms with Crippen LogP contribution in [0.2, 0.25) is 0 Å². The second-order valence-corrected chi connectivity index (χ2v) is 3.99. The second-order valence-electron chi connectivity index (χ2n) is 3.99. The fourth-order valence-electron chi connectivity index (χ4n) is 1.59. The van der Waals surface area contributed by atoms with Crippen molar-refractivity contribution in [1.82, 2.24) is 9.97 Å². The van der Waals surface area contributed by atoms with Crippen molar-refractivity contribution < 1.29 is 17.9 Å². The average Bonchev–Trinajstić information content (AvgIpc) is 2.46. The summed E-state index contributed by atoms with van der Waals surface area (Å²) in [5.41, 5.74) is -0.336. The normalized spacial score (nSPS) is 11.0. The summed E-state index contributed by atoms with van der Waals surface area (Å²) in [7, 11) is 1.42. The van der Waals surface area contributed by atoms with Crippen LogP contribution in [0.3, 0.4) is 0 Å². The first-order chi connectivity index (χ1) is 9.91. The molecular weight excluding hydrogens is 285 g/mol. The molecule has 0 radical (unpaired) electrons. The van der Waals surface area contributed by atoms with Crippen LogP contribution >= 0.6 is 0 Å². The number of pyridine rings is 2. The summed E-state index contributed by atoms with van der Waals surface area (Å²) in [6.45, 7) is 0. The van der Waals surface area contributed by atoms with Gasteiger partial charge in [0.2, 0.25) is 5.88 Å². The molecule has 0 fully saturated rings. The average molecular weight is 296 g/mol. The monoisotopic (exact) mass is 296 g/mol. The van der Waals surface area contributed by atoms with Gasteiger partial charge in [-0.2, -0.15) is 13.2 Å². The minimum atomic E-state index is -4.49. The molecule has 2 N–H and O–H groups in total. The predicted octanol–water partition coefficient (Wildman–Crippen LogP) is 2.94. The Bertz CT molecular complexity index is 641. The minimum Gasteiger partial charge on any atom is -0.480 e. The molecule has 0 saturated heterocycles. The van der Waals surface area contributed by atoms with Gasteiger partial charge < -0.3 is 10.1 Å². The summed E-state index contributed by atoms with van der Waals surface area (Å²) in [5.74, 6) is 0.191. The standard InChI is InChI=1S/C13H11F3N4O/c1-21-12-9(3-2-6-18-12)11(17)20-8-4-5-10(19-7-8)13(14,15)16/h2-7H,1H3,(H2,17,20). The number of aromatic nitrogens is 2. The molecule has 0 atom stereocenters. The topological polar surface area (TPSA) is 70.9 Å². The van der Waals surface area contributed by atoms with Crippen LogP contribution in [-0.4, -0.2) is 22.9 Å². The third-order valence-corrected chi connectivity index (χ3v) is 2.56. The highest BCUT2D eigenvalue weighted by Gasteiger charge is 2.32. The van der Waals surface area contributed by atoms with Gasteiger partial charge in [-0.1, -0.05) is 0 Å². The highest BCUT2D eigenvalue weighted by atomic mass is 19.4. The first kappa shape index (κ1) is 14.8. The number of methoxy groups -OCH3 is 1. The molecule has 2 rings (SSSR count). The summed E-state index contributed by atoms with van der Waals surface area (Å²) < 4.78 is 42.2. The van der Waals surface area contributed by atoms with Crippen molar-refractivity contribution in [3.63, 3.8) is 0 Å². The zero-order chi connectivity index (χ0) is 15.5. The molecule has 5 nitrogen and oxygen atoms in total. The highest BCUT2D eigenvalue weighted by Crippen LogP contribution is 2.28. The van der Waals surface area contributed by atoms with Gasteiger partial charge >= 0.3 is 6.18 Å². The van der Waals surface area contributed by atoms with Crippen molar-refractivity contribution in [2.45, 2.75) is 6.18 Å². The van der Waals surface area contributed by atoms with E-state index >= 15 is 0 Å². The smallest absolute Gasteiger partial charge is 0.433 e. The fourth-order valence-corrected chi connectivity index (χ4v) is 1.59. The maximum absolute atomic E-state index is 12.4. The number of alkyl halides is 3. The number of halogens is 3. The Morgan fingerprint density at radius 3 is 2.57 bits per heavy atom. The second kappa shape index (κ2) is 5.78. The molecule has 110 valence electrons. The molecule has 2 heterocycles. The number of nitrogens with one attached hydrogen (secondary N) is 2. The van der Waals surface area contributed by atoms with E-state index in [0.29, 0.717) is 5.56 Å². The molecule has 0 spiro atoms. The number of ether oxygens (including phenoxy) is 1. The summed E-state index contributed by atoms with van der Waals surface area (Å²) in [6, 6.07) is 5.28. The van der Waals surface area contributed by atoms with Crippen LogP contribution < -0.4 is 10.1 Å². The third-order valence-electron chi connectivity index (χ3n) is 2.56. The first-order valence-electron chi connectivity index (χ1n) is 5.80. The van der Waals surface area contributed by atoms with Crippen LogP contribution in [0.1, 0.15) is 11.3 Å². The van der Waals surface area contributed by atoms with Crippen molar-refractivity contribution in [2.24, 2.45) is 0 Å². The van der Waals surface area contributed by atoms with Gasteiger partial charge in [0.25, 0.3) is 0 Å². The molecule has 0 aliphatic rings. The maximum Gasteiger partial charge on any atom is 0.433 e. The van der Waals surface area contributed by atoms with Crippen molar-refractivity contribution >= 4 is 11.5 Å². The van der Waals surface area contributed by atoms with Crippen LogP contribution in [0, 0.1) is 5.41 Å². The van der Waals surface area contributed by atoms with E-state index < -0.39 is 11.9 Å². The Kier molecular flexibility index (Phi) is 4.06. The van der Waals surface area contributed by atoms with Crippen LogP contribution in [-0.2, 0) is 6.18 Å². The molecule has 21 heavy (non-hydrogen) atoms. The Labute approximate surface area is 118 Å². The molecule has 0 saturated carbocycles. The summed E-state index contributed by atoms with van der Waals surface area (Å²) in [6.07, 6.45) is -1.96. The Morgan fingerprint density at radius 1 is 1.24 bits per heavy atom. The number of amidine groups is 1. The van der Waals surface area contributed by atoms with Gasteiger partial charge in [-0.25, -0.2) is 9.97 Å². The first-order valence-corrected chi connectivity index (χ1v) is 5.80. The van der Waals surface area contributed by atoms with Crippen molar-refractivity contribution in [1.29, 1.82) is 5.41 Å². The van der Waals surface area contributed by atoms with Gasteiger partial charge in [0.05, 0.1) is 24.6 Å². The van der Waals surface area contributed by atoms with Gasteiger partial charge in [-0.05, 0) is 24.3 Å². The lowest BCUT2D eigenvalue weighted by molar-refractivity contribution is -0.141. The Hall–Kier alpha value is -2.64. The van der Waals surface area contributed by atoms with E-state index in [9.17, 15) is 13.2 Å². The Morgan fingerprint density at radius 2 is 2.00 bits per heavy atom. The van der Waals surface area contributed by atoms with E-state index in [4.69, 9.17) is 10.1 Å². The highest BCUT2D eigenvalue weighted by molar-refractivity contribution is 6.07. The van der Waals surface area contributed by atoms with E-state index in [0.717, 1.165) is 12.3 Å². The van der Waals surface area contributed by atoms with Crippen molar-refractivity contribution in [3.8, 4) is 5.88 Å². The molecule has 0 aliphatic carbocycles. The quantitative estimate of drug-likeness (QED) is 0.675. The van der Waals surface area contributed by atoms with Gasteiger partial charge in [0, 0.05) is 6.20 Å². The Balaban J connectivity index is 2.16. The summed E-state index contributed by atoms with van der Waals surface area (Å²) >= 11 is 0. The van der Waals surface area contributed by atoms with Crippen molar-refractivity contribution in [2.75, 3.05) is 12.4 Å². The number of hydrogen-bond acceptors (Lipinski definition) is 4. The van der Waals surface area contributed by atoms with Crippen LogP contribution in [0.25, 0.3) is 0 Å². The molecule has 0 unspecified atom stereocenters. The van der Waals surface area contributed by atoms with Crippen LogP contribution in [0.4, 0.5) is 18.9 Å². The molecule has 0 amide bonds. The number of anilines is 1. The van der Waals surface area contributed by atoms with E-state index in [1.54, 1.807) is 12.1 Å². The van der Waals surface area contributed by atoms with Gasteiger partial charge in [0.15, 0.2) is 0 Å². The van der Waals surface area contributed by atoms with Gasteiger partial charge in [-0.3, -0.25) is 5.41 Å². The van der Waals surface area contributed by atoms with Gasteiger partial charge in [-0.15, -0.1) is 0 Å². The van der Waals surface area contributed by atoms with Crippen LogP contribution in [0.15, 0.2) is 36.7 Å². The van der Waals surface area contributed by atoms with Crippen LogP contribution in [0.5, 0.6) is 5.88 Å².